The summed E-state index contributed by atoms with van der Waals surface area (Å²) >= 11 is 0. The van der Waals surface area contributed by atoms with Crippen molar-refractivity contribution in [2.75, 3.05) is 37.6 Å². The molecular weight excluding hydrogens is 472 g/mol. The first-order valence-corrected chi connectivity index (χ1v) is 14.2. The lowest BCUT2D eigenvalue weighted by Gasteiger charge is -2.51. The van der Waals surface area contributed by atoms with Gasteiger partial charge in [0.2, 0.25) is 0 Å². The summed E-state index contributed by atoms with van der Waals surface area (Å²) in [6.45, 7) is 4.17. The second-order valence-electron chi connectivity index (χ2n) is 11.7. The monoisotopic (exact) mass is 510 g/mol. The predicted molar refractivity (Wildman–Crippen MR) is 151 cm³/mol. The van der Waals surface area contributed by atoms with Crippen LogP contribution in [-0.2, 0) is 11.2 Å². The summed E-state index contributed by atoms with van der Waals surface area (Å²) in [5.74, 6) is 0.326. The van der Waals surface area contributed by atoms with Gasteiger partial charge in [0.15, 0.2) is 0 Å². The van der Waals surface area contributed by atoms with Crippen molar-refractivity contribution >= 4 is 11.7 Å². The van der Waals surface area contributed by atoms with Gasteiger partial charge in [0.25, 0.3) is 0 Å². The summed E-state index contributed by atoms with van der Waals surface area (Å²) in [7, 11) is 0. The van der Waals surface area contributed by atoms with Gasteiger partial charge in [-0.2, -0.15) is 0 Å². The van der Waals surface area contributed by atoms with Crippen molar-refractivity contribution < 1.29 is 15.0 Å². The number of likely N-dealkylation sites (tertiary alicyclic amines) is 1. The molecule has 5 heteroatoms. The number of hydrogen-bond donors (Lipinski definition) is 2. The smallest absolute Gasteiger partial charge is 0.317 e. The molecular formula is C33H38N2O3. The molecule has 2 aliphatic heterocycles. The Morgan fingerprint density at radius 2 is 1.61 bits per heavy atom. The summed E-state index contributed by atoms with van der Waals surface area (Å²) in [4.78, 5) is 15.6. The molecule has 3 aromatic carbocycles. The third-order valence-electron chi connectivity index (χ3n) is 9.18. The molecule has 3 aliphatic rings. The van der Waals surface area contributed by atoms with Crippen molar-refractivity contribution in [1.82, 2.24) is 4.90 Å². The van der Waals surface area contributed by atoms with Crippen LogP contribution in [0, 0.1) is 5.41 Å². The van der Waals surface area contributed by atoms with E-state index in [1.807, 2.05) is 12.1 Å². The molecule has 5 nitrogen and oxygen atoms in total. The maximum Gasteiger partial charge on any atom is 0.317 e. The van der Waals surface area contributed by atoms with Crippen LogP contribution in [0.1, 0.15) is 66.2 Å². The molecule has 38 heavy (non-hydrogen) atoms. The van der Waals surface area contributed by atoms with Gasteiger partial charge in [0, 0.05) is 37.8 Å². The van der Waals surface area contributed by atoms with Crippen LogP contribution in [0.15, 0.2) is 72.8 Å². The molecule has 3 aromatic rings. The Labute approximate surface area is 225 Å². The Kier molecular flexibility index (Phi) is 6.87. The van der Waals surface area contributed by atoms with E-state index in [4.69, 9.17) is 5.11 Å². The minimum atomic E-state index is -0.717. The zero-order valence-corrected chi connectivity index (χ0v) is 22.1. The number of carboxylic acids is 1. The first-order valence-electron chi connectivity index (χ1n) is 14.2. The second kappa shape index (κ2) is 10.5. The van der Waals surface area contributed by atoms with Gasteiger partial charge in [-0.05, 0) is 96.4 Å². The Bertz CT molecular complexity index is 1260. The van der Waals surface area contributed by atoms with Crippen molar-refractivity contribution in [2.24, 2.45) is 5.41 Å². The number of benzene rings is 3. The van der Waals surface area contributed by atoms with Gasteiger partial charge in [-0.1, -0.05) is 48.5 Å². The Morgan fingerprint density at radius 1 is 0.895 bits per heavy atom. The van der Waals surface area contributed by atoms with Crippen molar-refractivity contribution in [3.8, 4) is 5.75 Å². The van der Waals surface area contributed by atoms with Gasteiger partial charge >= 0.3 is 5.97 Å². The van der Waals surface area contributed by atoms with Crippen LogP contribution in [0.3, 0.4) is 0 Å². The van der Waals surface area contributed by atoms with Crippen LogP contribution in [0.25, 0.3) is 0 Å². The molecule has 0 saturated carbocycles. The van der Waals surface area contributed by atoms with Crippen molar-refractivity contribution in [2.45, 2.75) is 50.4 Å². The molecule has 2 atom stereocenters. The number of carbonyl (C=O) groups is 1. The van der Waals surface area contributed by atoms with Crippen LogP contribution >= 0.6 is 0 Å². The van der Waals surface area contributed by atoms with E-state index >= 15 is 0 Å². The molecule has 6 rings (SSSR count). The molecule has 2 saturated heterocycles. The third kappa shape index (κ3) is 5.04. The van der Waals surface area contributed by atoms with E-state index < -0.39 is 5.97 Å². The van der Waals surface area contributed by atoms with Crippen LogP contribution < -0.4 is 4.90 Å². The molecule has 0 amide bonds. The molecule has 1 spiro atoms. The fourth-order valence-electron chi connectivity index (χ4n) is 7.48. The Hall–Kier alpha value is -3.31. The lowest BCUT2D eigenvalue weighted by atomic mass is 9.69. The van der Waals surface area contributed by atoms with Gasteiger partial charge in [-0.25, -0.2) is 0 Å². The number of phenols is 1. The average Bonchev–Trinajstić information content (AvgIpc) is 2.89. The largest absolute Gasteiger partial charge is 0.508 e. The van der Waals surface area contributed by atoms with Gasteiger partial charge in [-0.15, -0.1) is 0 Å². The standard InChI is InChI=1S/C33H38N2O3/c36-28-13-15-30-26(20-28)10-14-29(24-6-2-1-3-7-24)32(30)25-8-11-27(12-9-25)35-18-4-16-33(17-5-19-35)22-34(23-33)21-31(37)38/h1-3,6-9,11-13,15,20,29,32,36H,4-5,10,14,16-19,21-23H2,(H,37,38)/t29-,32+/m1/s1. The summed E-state index contributed by atoms with van der Waals surface area (Å²) in [5, 5.41) is 19.2. The molecule has 0 radical (unpaired) electrons. The van der Waals surface area contributed by atoms with E-state index in [1.54, 1.807) is 0 Å². The van der Waals surface area contributed by atoms with Crippen molar-refractivity contribution in [3.63, 3.8) is 0 Å². The van der Waals surface area contributed by atoms with Crippen LogP contribution in [0.2, 0.25) is 0 Å². The third-order valence-corrected chi connectivity index (χ3v) is 9.18. The molecule has 0 aromatic heterocycles. The van der Waals surface area contributed by atoms with Gasteiger partial charge in [0.1, 0.15) is 5.75 Å². The summed E-state index contributed by atoms with van der Waals surface area (Å²) in [5.41, 5.74) is 6.96. The Morgan fingerprint density at radius 3 is 2.29 bits per heavy atom. The number of carboxylic acid groups (broad SMARTS) is 1. The SMILES string of the molecule is O=C(O)CN1CC2(CCCN(c3ccc([C@@H]4c5ccc(O)cc5CC[C@@H]4c4ccccc4)cc3)CCC2)C1. The number of anilines is 1. The Balaban J connectivity index is 1.18. The number of rotatable bonds is 5. The van der Waals surface area contributed by atoms with Gasteiger partial charge in [-0.3, -0.25) is 9.69 Å². The number of hydrogen-bond acceptors (Lipinski definition) is 4. The lowest BCUT2D eigenvalue weighted by molar-refractivity contribution is -0.142. The van der Waals surface area contributed by atoms with E-state index in [2.05, 4.69) is 70.5 Å². The van der Waals surface area contributed by atoms with Gasteiger partial charge in [0.05, 0.1) is 6.54 Å². The predicted octanol–water partition coefficient (Wildman–Crippen LogP) is 6.02. The van der Waals surface area contributed by atoms with E-state index in [-0.39, 0.29) is 12.5 Å². The first-order chi connectivity index (χ1) is 18.5. The number of aryl methyl sites for hydroxylation is 1. The molecule has 0 unspecified atom stereocenters. The van der Waals surface area contributed by atoms with Gasteiger partial charge < -0.3 is 15.1 Å². The van der Waals surface area contributed by atoms with Crippen LogP contribution in [0.5, 0.6) is 5.75 Å². The fourth-order valence-corrected chi connectivity index (χ4v) is 7.48. The summed E-state index contributed by atoms with van der Waals surface area (Å²) in [6, 6.07) is 26.1. The van der Waals surface area contributed by atoms with Crippen LogP contribution in [0.4, 0.5) is 5.69 Å². The lowest BCUT2D eigenvalue weighted by Crippen LogP contribution is -2.58. The number of nitrogens with zero attached hydrogens (tertiary/aromatic N) is 2. The molecule has 198 valence electrons. The van der Waals surface area contributed by atoms with E-state index in [0.717, 1.165) is 51.9 Å². The molecule has 1 aliphatic carbocycles. The minimum absolute atomic E-state index is 0.179. The first kappa shape index (κ1) is 25.0. The number of aliphatic carboxylic acids is 1. The highest BCUT2D eigenvalue weighted by atomic mass is 16.4. The minimum Gasteiger partial charge on any atom is -0.508 e. The zero-order valence-electron chi connectivity index (χ0n) is 22.1. The van der Waals surface area contributed by atoms with E-state index in [9.17, 15) is 9.90 Å². The highest BCUT2D eigenvalue weighted by Gasteiger charge is 2.43. The van der Waals surface area contributed by atoms with E-state index in [0.29, 0.717) is 17.1 Å². The topological polar surface area (TPSA) is 64.0 Å². The van der Waals surface area contributed by atoms with Crippen molar-refractivity contribution in [3.05, 3.63) is 95.1 Å². The zero-order chi connectivity index (χ0) is 26.1. The second-order valence-corrected chi connectivity index (χ2v) is 11.7. The number of fused-ring (bicyclic) bond motifs is 1. The van der Waals surface area contributed by atoms with E-state index in [1.165, 1.54) is 40.8 Å². The fraction of sp³-hybridized carbons (Fsp3) is 0.424. The van der Waals surface area contributed by atoms with Crippen LogP contribution in [-0.4, -0.2) is 53.8 Å². The highest BCUT2D eigenvalue weighted by Crippen LogP contribution is 2.47. The highest BCUT2D eigenvalue weighted by molar-refractivity contribution is 5.69. The summed E-state index contributed by atoms with van der Waals surface area (Å²) in [6.07, 6.45) is 6.73. The molecule has 2 heterocycles. The normalized spacial score (nSPS) is 23.2. The molecule has 2 fully saturated rings. The molecule has 2 N–H and O–H groups in total. The number of aromatic hydroxyl groups is 1. The number of phenolic OH excluding ortho intramolecular Hbond substituents is 1. The molecule has 0 bridgehead atoms. The quantitative estimate of drug-likeness (QED) is 0.439. The average molecular weight is 511 g/mol. The summed E-state index contributed by atoms with van der Waals surface area (Å²) < 4.78 is 0. The maximum atomic E-state index is 11.0. The maximum absolute atomic E-state index is 11.0. The van der Waals surface area contributed by atoms with Crippen molar-refractivity contribution in [1.29, 1.82) is 0 Å².